The van der Waals surface area contributed by atoms with Crippen LogP contribution in [0.1, 0.15) is 65.7 Å². The zero-order valence-corrected chi connectivity index (χ0v) is 14.2. The summed E-state index contributed by atoms with van der Waals surface area (Å²) in [5.74, 6) is 3.03. The highest BCUT2D eigenvalue weighted by molar-refractivity contribution is 5.92. The van der Waals surface area contributed by atoms with Crippen molar-refractivity contribution in [2.75, 3.05) is 0 Å². The molecule has 0 bridgehead atoms. The van der Waals surface area contributed by atoms with Gasteiger partial charge in [-0.2, -0.15) is 0 Å². The number of hydrogen-bond donors (Lipinski definition) is 0. The third kappa shape index (κ3) is 1.67. The van der Waals surface area contributed by atoms with Crippen LogP contribution >= 0.6 is 0 Å². The Morgan fingerprint density at radius 2 is 1.82 bits per heavy atom. The number of allylic oxidation sites excluding steroid dienone is 2. The van der Waals surface area contributed by atoms with Crippen molar-refractivity contribution in [3.63, 3.8) is 0 Å². The quantitative estimate of drug-likeness (QED) is 0.624. The van der Waals surface area contributed by atoms with Crippen LogP contribution in [-0.4, -0.2) is 11.6 Å². The standard InChI is InChI=1S/C20H28O2/c1-12-14-5-4-13-15-6-7-18(22)20(15,3)10-8-16(13)19(14,2)11-9-17(12)21/h6,12-14,16H,4-5,7-11H2,1-3H3/t12?,13-,14?,16+,19-,20-/m0/s1. The Morgan fingerprint density at radius 1 is 1.05 bits per heavy atom. The first-order valence-corrected chi connectivity index (χ1v) is 9.14. The predicted octanol–water partition coefficient (Wildman–Crippen LogP) is 4.33. The maximum absolute atomic E-state index is 12.4. The summed E-state index contributed by atoms with van der Waals surface area (Å²) >= 11 is 0. The fourth-order valence-electron chi connectivity index (χ4n) is 6.67. The minimum Gasteiger partial charge on any atom is -0.299 e. The molecule has 6 atom stereocenters. The van der Waals surface area contributed by atoms with Crippen LogP contribution in [0.3, 0.4) is 0 Å². The summed E-state index contributed by atoms with van der Waals surface area (Å²) < 4.78 is 0. The van der Waals surface area contributed by atoms with Crippen molar-refractivity contribution in [2.45, 2.75) is 65.7 Å². The van der Waals surface area contributed by atoms with E-state index in [4.69, 9.17) is 0 Å². The van der Waals surface area contributed by atoms with Crippen molar-refractivity contribution < 1.29 is 9.59 Å². The summed E-state index contributed by atoms with van der Waals surface area (Å²) in [6.07, 6.45) is 9.34. The number of rotatable bonds is 0. The third-order valence-electron chi connectivity index (χ3n) is 8.10. The number of fused-ring (bicyclic) bond motifs is 5. The highest BCUT2D eigenvalue weighted by Gasteiger charge is 2.58. The number of ketones is 2. The lowest BCUT2D eigenvalue weighted by Gasteiger charge is -2.59. The molecule has 22 heavy (non-hydrogen) atoms. The van der Waals surface area contributed by atoms with Gasteiger partial charge in [0.2, 0.25) is 0 Å². The molecule has 4 aliphatic carbocycles. The van der Waals surface area contributed by atoms with Gasteiger partial charge in [0.15, 0.2) is 0 Å². The first-order chi connectivity index (χ1) is 10.4. The molecule has 4 rings (SSSR count). The summed E-state index contributed by atoms with van der Waals surface area (Å²) in [6, 6.07) is 0. The number of hydrogen-bond acceptors (Lipinski definition) is 2. The van der Waals surface area contributed by atoms with Crippen LogP contribution < -0.4 is 0 Å². The van der Waals surface area contributed by atoms with Crippen LogP contribution in [0.15, 0.2) is 11.6 Å². The first-order valence-electron chi connectivity index (χ1n) is 9.14. The Labute approximate surface area is 133 Å². The van der Waals surface area contributed by atoms with Gasteiger partial charge in [0.25, 0.3) is 0 Å². The molecule has 0 aromatic carbocycles. The monoisotopic (exact) mass is 300 g/mol. The lowest BCUT2D eigenvalue weighted by molar-refractivity contribution is -0.140. The van der Waals surface area contributed by atoms with Gasteiger partial charge in [-0.05, 0) is 62.2 Å². The van der Waals surface area contributed by atoms with E-state index in [1.165, 1.54) is 24.8 Å². The lowest BCUT2D eigenvalue weighted by atomic mass is 9.45. The maximum Gasteiger partial charge on any atom is 0.146 e. The summed E-state index contributed by atoms with van der Waals surface area (Å²) in [4.78, 5) is 24.5. The second-order valence-corrected chi connectivity index (χ2v) is 8.82. The lowest BCUT2D eigenvalue weighted by Crippen LogP contribution is -2.53. The Morgan fingerprint density at radius 3 is 2.59 bits per heavy atom. The van der Waals surface area contributed by atoms with Gasteiger partial charge >= 0.3 is 0 Å². The van der Waals surface area contributed by atoms with Crippen molar-refractivity contribution in [1.82, 2.24) is 0 Å². The number of carbonyl (C=O) groups excluding carboxylic acids is 2. The molecule has 0 saturated heterocycles. The van der Waals surface area contributed by atoms with E-state index in [0.717, 1.165) is 19.3 Å². The highest BCUT2D eigenvalue weighted by Crippen LogP contribution is 2.64. The van der Waals surface area contributed by atoms with Gasteiger partial charge < -0.3 is 0 Å². The van der Waals surface area contributed by atoms with Gasteiger partial charge in [-0.1, -0.05) is 25.5 Å². The number of Topliss-reactive ketones (excluding diaryl/α,β-unsaturated/α-hetero) is 2. The molecule has 2 heteroatoms. The van der Waals surface area contributed by atoms with Gasteiger partial charge in [0.1, 0.15) is 11.6 Å². The second kappa shape index (κ2) is 4.55. The SMILES string of the molecule is CC1C(=O)CC[C@@]2(C)C1CC[C@H]1C3=CCC(=O)[C@@]3(C)CC[C@H]12. The molecule has 2 nitrogen and oxygen atoms in total. The fourth-order valence-corrected chi connectivity index (χ4v) is 6.67. The maximum atomic E-state index is 12.4. The van der Waals surface area contributed by atoms with E-state index in [2.05, 4.69) is 26.8 Å². The van der Waals surface area contributed by atoms with Crippen LogP contribution in [0, 0.1) is 34.5 Å². The molecule has 3 fully saturated rings. The van der Waals surface area contributed by atoms with Crippen molar-refractivity contribution in [1.29, 1.82) is 0 Å². The van der Waals surface area contributed by atoms with E-state index >= 15 is 0 Å². The van der Waals surface area contributed by atoms with Gasteiger partial charge in [-0.3, -0.25) is 9.59 Å². The van der Waals surface area contributed by atoms with Crippen molar-refractivity contribution >= 4 is 11.6 Å². The van der Waals surface area contributed by atoms with E-state index in [-0.39, 0.29) is 11.3 Å². The molecular formula is C20H28O2. The van der Waals surface area contributed by atoms with Crippen LogP contribution in [0.2, 0.25) is 0 Å². The van der Waals surface area contributed by atoms with Gasteiger partial charge in [-0.15, -0.1) is 0 Å². The Hall–Kier alpha value is -0.920. The minimum atomic E-state index is -0.152. The third-order valence-corrected chi connectivity index (χ3v) is 8.10. The summed E-state index contributed by atoms with van der Waals surface area (Å²) in [5.41, 5.74) is 1.63. The molecule has 0 aromatic rings. The van der Waals surface area contributed by atoms with Crippen molar-refractivity contribution in [2.24, 2.45) is 34.5 Å². The molecule has 0 aromatic heterocycles. The van der Waals surface area contributed by atoms with Crippen molar-refractivity contribution in [3.8, 4) is 0 Å². The molecule has 0 N–H and O–H groups in total. The molecule has 120 valence electrons. The van der Waals surface area contributed by atoms with Gasteiger partial charge in [-0.25, -0.2) is 0 Å². The molecule has 0 heterocycles. The van der Waals surface area contributed by atoms with Crippen LogP contribution in [0.25, 0.3) is 0 Å². The normalized spacial score (nSPS) is 51.0. The Bertz CT molecular complexity index is 574. The topological polar surface area (TPSA) is 34.1 Å². The smallest absolute Gasteiger partial charge is 0.146 e. The minimum absolute atomic E-state index is 0.152. The fraction of sp³-hybridized carbons (Fsp3) is 0.800. The van der Waals surface area contributed by atoms with Crippen molar-refractivity contribution in [3.05, 3.63) is 11.6 Å². The second-order valence-electron chi connectivity index (χ2n) is 8.82. The molecule has 2 unspecified atom stereocenters. The molecule has 4 aliphatic rings. The Kier molecular flexibility index (Phi) is 3.03. The summed E-state index contributed by atoms with van der Waals surface area (Å²) in [5, 5.41) is 0. The molecule has 0 spiro atoms. The highest BCUT2D eigenvalue weighted by atomic mass is 16.1. The molecule has 0 radical (unpaired) electrons. The predicted molar refractivity (Wildman–Crippen MR) is 86.3 cm³/mol. The van der Waals surface area contributed by atoms with Gasteiger partial charge in [0, 0.05) is 24.2 Å². The zero-order chi connectivity index (χ0) is 15.7. The zero-order valence-electron chi connectivity index (χ0n) is 14.2. The van der Waals surface area contributed by atoms with E-state index in [9.17, 15) is 9.59 Å². The molecular weight excluding hydrogens is 272 g/mol. The molecule has 0 amide bonds. The van der Waals surface area contributed by atoms with Gasteiger partial charge in [0.05, 0.1) is 0 Å². The van der Waals surface area contributed by atoms with E-state index in [1.54, 1.807) is 0 Å². The average Bonchev–Trinajstić information content (AvgIpc) is 2.79. The van der Waals surface area contributed by atoms with E-state index in [0.29, 0.717) is 41.2 Å². The van der Waals surface area contributed by atoms with Crippen LogP contribution in [0.5, 0.6) is 0 Å². The summed E-state index contributed by atoms with van der Waals surface area (Å²) in [6.45, 7) is 6.80. The average molecular weight is 300 g/mol. The van der Waals surface area contributed by atoms with E-state index < -0.39 is 0 Å². The first kappa shape index (κ1) is 14.7. The van der Waals surface area contributed by atoms with Crippen LogP contribution in [0.4, 0.5) is 0 Å². The number of carbonyl (C=O) groups is 2. The largest absolute Gasteiger partial charge is 0.299 e. The van der Waals surface area contributed by atoms with Crippen LogP contribution in [-0.2, 0) is 9.59 Å². The Balaban J connectivity index is 1.70. The molecule has 3 saturated carbocycles. The molecule has 0 aliphatic heterocycles. The summed E-state index contributed by atoms with van der Waals surface area (Å²) in [7, 11) is 0. The van der Waals surface area contributed by atoms with E-state index in [1.807, 2.05) is 0 Å².